The van der Waals surface area contributed by atoms with Gasteiger partial charge in [-0.1, -0.05) is 69.2 Å². The average Bonchev–Trinajstić information content (AvgIpc) is 3.56. The number of hydrogen-bond donors (Lipinski definition) is 0. The summed E-state index contributed by atoms with van der Waals surface area (Å²) in [6.07, 6.45) is 7.38. The van der Waals surface area contributed by atoms with Crippen molar-refractivity contribution in [1.29, 1.82) is 0 Å². The Morgan fingerprint density at radius 1 is 0.861 bits per heavy atom. The largest absolute Gasteiger partial charge is 0.455 e. The predicted molar refractivity (Wildman–Crippen MR) is 149 cm³/mol. The van der Waals surface area contributed by atoms with Gasteiger partial charge in [-0.05, 0) is 72.1 Å². The van der Waals surface area contributed by atoms with Crippen molar-refractivity contribution < 1.29 is 8.98 Å². The highest BCUT2D eigenvalue weighted by molar-refractivity contribution is 6.17. The molecule has 1 saturated carbocycles. The summed E-state index contributed by atoms with van der Waals surface area (Å²) in [7, 11) is 2.16. The van der Waals surface area contributed by atoms with Crippen molar-refractivity contribution in [2.45, 2.75) is 64.7 Å². The number of furan rings is 1. The van der Waals surface area contributed by atoms with Crippen LogP contribution in [0.15, 0.2) is 65.2 Å². The number of fused-ring (bicyclic) bond motifs is 9. The van der Waals surface area contributed by atoms with Crippen molar-refractivity contribution in [2.75, 3.05) is 0 Å². The van der Waals surface area contributed by atoms with Crippen LogP contribution in [0.4, 0.5) is 0 Å². The van der Waals surface area contributed by atoms with Crippen molar-refractivity contribution in [2.24, 2.45) is 7.05 Å². The van der Waals surface area contributed by atoms with Gasteiger partial charge in [0.1, 0.15) is 18.2 Å². The summed E-state index contributed by atoms with van der Waals surface area (Å²) in [6.45, 7) is 8.98. The molecule has 2 heteroatoms. The fraction of sp³-hybridized carbons (Fsp3) is 0.324. The van der Waals surface area contributed by atoms with E-state index in [4.69, 9.17) is 4.42 Å². The smallest absolute Gasteiger partial charge is 0.216 e. The monoisotopic (exact) mass is 472 g/mol. The number of aromatic nitrogens is 1. The number of rotatable bonds is 2. The van der Waals surface area contributed by atoms with Gasteiger partial charge in [0.25, 0.3) is 0 Å². The third kappa shape index (κ3) is 2.76. The molecule has 0 amide bonds. The minimum Gasteiger partial charge on any atom is -0.455 e. The molecule has 2 heterocycles. The second kappa shape index (κ2) is 7.56. The first-order valence-corrected chi connectivity index (χ1v) is 13.5. The fourth-order valence-corrected chi connectivity index (χ4v) is 7.48. The molecular formula is C34H34NO+. The van der Waals surface area contributed by atoms with Gasteiger partial charge in [0.15, 0.2) is 6.20 Å². The Morgan fingerprint density at radius 3 is 2.42 bits per heavy atom. The number of hydrogen-bond acceptors (Lipinski definition) is 1. The normalized spacial score (nSPS) is 15.9. The van der Waals surface area contributed by atoms with E-state index >= 15 is 0 Å². The van der Waals surface area contributed by atoms with Crippen LogP contribution >= 0.6 is 0 Å². The van der Waals surface area contributed by atoms with Gasteiger partial charge in [-0.25, -0.2) is 4.57 Å². The molecule has 1 spiro atoms. The van der Waals surface area contributed by atoms with Gasteiger partial charge in [0.05, 0.1) is 5.56 Å². The molecule has 7 rings (SSSR count). The van der Waals surface area contributed by atoms with Gasteiger partial charge in [0.2, 0.25) is 5.69 Å². The van der Waals surface area contributed by atoms with Gasteiger partial charge >= 0.3 is 0 Å². The molecule has 0 saturated heterocycles. The summed E-state index contributed by atoms with van der Waals surface area (Å²) in [5.74, 6) is 0.475. The highest BCUT2D eigenvalue weighted by Crippen LogP contribution is 2.59. The van der Waals surface area contributed by atoms with Gasteiger partial charge < -0.3 is 4.42 Å². The summed E-state index contributed by atoms with van der Waals surface area (Å²) in [4.78, 5) is 0. The Morgan fingerprint density at radius 2 is 1.64 bits per heavy atom. The first-order chi connectivity index (χ1) is 17.4. The van der Waals surface area contributed by atoms with Crippen LogP contribution < -0.4 is 4.57 Å². The molecule has 0 N–H and O–H groups in total. The van der Waals surface area contributed by atoms with Crippen molar-refractivity contribution in [3.8, 4) is 22.4 Å². The summed E-state index contributed by atoms with van der Waals surface area (Å²) >= 11 is 0. The Kier molecular flexibility index (Phi) is 4.59. The molecule has 1 fully saturated rings. The minimum absolute atomic E-state index is 0.173. The summed E-state index contributed by atoms with van der Waals surface area (Å²) in [5, 5.41) is 2.53. The maximum absolute atomic E-state index is 6.78. The molecular weight excluding hydrogens is 438 g/mol. The van der Waals surface area contributed by atoms with Crippen molar-refractivity contribution in [1.82, 2.24) is 0 Å². The van der Waals surface area contributed by atoms with Crippen molar-refractivity contribution in [3.05, 3.63) is 88.6 Å². The van der Waals surface area contributed by atoms with E-state index in [0.29, 0.717) is 5.92 Å². The zero-order valence-corrected chi connectivity index (χ0v) is 22.0. The van der Waals surface area contributed by atoms with Crippen molar-refractivity contribution in [3.63, 3.8) is 0 Å². The Balaban J connectivity index is 1.58. The average molecular weight is 473 g/mol. The molecule has 36 heavy (non-hydrogen) atoms. The Labute approximate surface area is 213 Å². The van der Waals surface area contributed by atoms with E-state index in [1.165, 1.54) is 86.7 Å². The van der Waals surface area contributed by atoms with Crippen molar-refractivity contribution >= 4 is 21.9 Å². The van der Waals surface area contributed by atoms with E-state index < -0.39 is 0 Å². The summed E-state index contributed by atoms with van der Waals surface area (Å²) < 4.78 is 9.05. The van der Waals surface area contributed by atoms with E-state index in [9.17, 15) is 0 Å². The van der Waals surface area contributed by atoms with Crippen LogP contribution in [0.1, 0.15) is 73.3 Å². The number of pyridine rings is 1. The van der Waals surface area contributed by atoms with Crippen LogP contribution in [-0.4, -0.2) is 0 Å². The zero-order chi connectivity index (χ0) is 24.8. The van der Waals surface area contributed by atoms with Gasteiger partial charge in [-0.3, -0.25) is 0 Å². The Bertz CT molecular complexity index is 1690. The second-order valence-electron chi connectivity index (χ2n) is 11.5. The molecule has 2 aliphatic rings. The molecule has 0 atom stereocenters. The van der Waals surface area contributed by atoms with Crippen LogP contribution in [0, 0.1) is 13.8 Å². The minimum atomic E-state index is 0.173. The molecule has 0 radical (unpaired) electrons. The van der Waals surface area contributed by atoms with E-state index in [1.807, 2.05) is 0 Å². The fourth-order valence-electron chi connectivity index (χ4n) is 7.48. The Hall–Kier alpha value is -3.39. The molecule has 0 bridgehead atoms. The molecule has 0 aliphatic heterocycles. The summed E-state index contributed by atoms with van der Waals surface area (Å²) in [6, 6.07) is 20.7. The molecule has 2 nitrogen and oxygen atoms in total. The lowest BCUT2D eigenvalue weighted by Gasteiger charge is -2.26. The third-order valence-electron chi connectivity index (χ3n) is 9.09. The molecule has 3 aromatic carbocycles. The zero-order valence-electron chi connectivity index (χ0n) is 22.0. The first-order valence-electron chi connectivity index (χ1n) is 13.5. The van der Waals surface area contributed by atoms with Crippen LogP contribution in [0.5, 0.6) is 0 Å². The topological polar surface area (TPSA) is 17.0 Å². The maximum Gasteiger partial charge on any atom is 0.216 e. The van der Waals surface area contributed by atoms with Crippen LogP contribution in [-0.2, 0) is 12.5 Å². The maximum atomic E-state index is 6.78. The molecule has 0 unspecified atom stereocenters. The first kappa shape index (κ1) is 21.9. The molecule has 2 aliphatic carbocycles. The number of benzene rings is 3. The van der Waals surface area contributed by atoms with E-state index in [2.05, 4.69) is 100 Å². The van der Waals surface area contributed by atoms with E-state index in [-0.39, 0.29) is 5.41 Å². The van der Waals surface area contributed by atoms with Gasteiger partial charge in [-0.15, -0.1) is 0 Å². The van der Waals surface area contributed by atoms with Gasteiger partial charge in [-0.2, -0.15) is 0 Å². The van der Waals surface area contributed by atoms with E-state index in [1.54, 1.807) is 0 Å². The highest BCUT2D eigenvalue weighted by atomic mass is 16.3. The SMILES string of the molecule is Cc1c[n+](C)c(-c2c(C)ccc3c2oc2ccc4c(c23)-c2ccccc2C42CCCC2)cc1C(C)C. The lowest BCUT2D eigenvalue weighted by molar-refractivity contribution is -0.660. The number of aryl methyl sites for hydroxylation is 3. The van der Waals surface area contributed by atoms with Crippen LogP contribution in [0.25, 0.3) is 44.3 Å². The van der Waals surface area contributed by atoms with Gasteiger partial charge in [0, 0.05) is 27.8 Å². The quantitative estimate of drug-likeness (QED) is 0.235. The standard InChI is InChI=1S/C34H34NO/c1-20(2)25-18-28(35(5)19-22(25)4)30-21(3)12-13-24-32-29(36-33(24)30)15-14-27-31(32)23-10-6-7-11-26(23)34(27)16-8-9-17-34/h6-7,10-15,18-20H,8-9,16-17H2,1-5H3/q+1. The lowest BCUT2D eigenvalue weighted by Crippen LogP contribution is -2.32. The summed E-state index contributed by atoms with van der Waals surface area (Å²) in [5.41, 5.74) is 14.5. The predicted octanol–water partition coefficient (Wildman–Crippen LogP) is 8.66. The number of nitrogens with zero attached hydrogens (tertiary/aromatic N) is 1. The molecule has 2 aromatic heterocycles. The molecule has 5 aromatic rings. The van der Waals surface area contributed by atoms with Crippen LogP contribution in [0.2, 0.25) is 0 Å². The van der Waals surface area contributed by atoms with E-state index in [0.717, 1.165) is 11.2 Å². The molecule has 180 valence electrons. The second-order valence-corrected chi connectivity index (χ2v) is 11.5. The lowest BCUT2D eigenvalue weighted by atomic mass is 9.76. The van der Waals surface area contributed by atoms with Crippen LogP contribution in [0.3, 0.4) is 0 Å². The highest BCUT2D eigenvalue weighted by Gasteiger charge is 2.45. The third-order valence-corrected chi connectivity index (χ3v) is 9.09.